The average molecular weight is 333 g/mol. The van der Waals surface area contributed by atoms with Crippen LogP contribution in [0, 0.1) is 12.8 Å². The molecule has 1 aromatic heterocycles. The molecule has 2 aromatic rings. The molecule has 0 spiro atoms. The number of hydrogen-bond acceptors (Lipinski definition) is 5. The molecule has 1 aliphatic rings. The van der Waals surface area contributed by atoms with Gasteiger partial charge in [0, 0.05) is 30.5 Å². The molecule has 1 amide bonds. The highest BCUT2D eigenvalue weighted by Crippen LogP contribution is 2.23. The van der Waals surface area contributed by atoms with E-state index < -0.39 is 6.10 Å². The summed E-state index contributed by atoms with van der Waals surface area (Å²) in [6.07, 6.45) is 0.889. The first-order valence-corrected chi connectivity index (χ1v) is 8.10. The van der Waals surface area contributed by atoms with Crippen LogP contribution in [0.5, 0.6) is 0 Å². The molecule has 0 saturated carbocycles. The average Bonchev–Trinajstić information content (AvgIpc) is 2.96. The molecule has 2 heterocycles. The molecule has 0 aliphatic carbocycles. The van der Waals surface area contributed by atoms with Gasteiger partial charge in [0.2, 0.25) is 5.91 Å². The lowest BCUT2D eigenvalue weighted by Gasteiger charge is -2.33. The number of aliphatic hydroxyl groups excluding tert-OH is 1. The maximum atomic E-state index is 12.2. The Labute approximate surface area is 140 Å². The number of carbonyl (C=O) groups excluding carboxylic acids is 1. The zero-order chi connectivity index (χ0) is 17.1. The standard InChI is InChI=1S/C18H23NO5/c1-11-3-4-14-12(9-24-15(14)5-11)6-17(20)19-7-13-8-23-10-16(22-2)18(13)21/h3-5,9,13,16,18,21H,6-8,10H2,1-2H3,(H,19,20)/t13-,16-,18+/m1/s1. The topological polar surface area (TPSA) is 80.9 Å². The molecule has 1 fully saturated rings. The van der Waals surface area contributed by atoms with Gasteiger partial charge >= 0.3 is 0 Å². The van der Waals surface area contributed by atoms with Crippen LogP contribution in [0.3, 0.4) is 0 Å². The Morgan fingerprint density at radius 3 is 3.04 bits per heavy atom. The highest BCUT2D eigenvalue weighted by atomic mass is 16.5. The van der Waals surface area contributed by atoms with Gasteiger partial charge in [-0.1, -0.05) is 12.1 Å². The van der Waals surface area contributed by atoms with Crippen LogP contribution in [0.2, 0.25) is 0 Å². The first-order chi connectivity index (χ1) is 11.6. The lowest BCUT2D eigenvalue weighted by atomic mass is 9.96. The minimum atomic E-state index is -0.637. The van der Waals surface area contributed by atoms with E-state index in [1.54, 1.807) is 13.4 Å². The number of hydrogen-bond donors (Lipinski definition) is 2. The van der Waals surface area contributed by atoms with Crippen molar-refractivity contribution in [1.82, 2.24) is 5.32 Å². The number of nitrogens with one attached hydrogen (secondary N) is 1. The highest BCUT2D eigenvalue weighted by molar-refractivity contribution is 5.87. The minimum Gasteiger partial charge on any atom is -0.464 e. The van der Waals surface area contributed by atoms with Crippen molar-refractivity contribution in [3.63, 3.8) is 0 Å². The Hall–Kier alpha value is -1.89. The molecule has 2 N–H and O–H groups in total. The number of benzene rings is 1. The SMILES string of the molecule is CO[C@@H]1COC[C@@H](CNC(=O)Cc2coc3cc(C)ccc23)[C@@H]1O. The number of fused-ring (bicyclic) bond motifs is 1. The van der Waals surface area contributed by atoms with Gasteiger partial charge in [-0.25, -0.2) is 0 Å². The van der Waals surface area contributed by atoms with E-state index in [2.05, 4.69) is 5.32 Å². The van der Waals surface area contributed by atoms with Gasteiger partial charge in [-0.05, 0) is 18.6 Å². The van der Waals surface area contributed by atoms with Crippen LogP contribution in [0.1, 0.15) is 11.1 Å². The van der Waals surface area contributed by atoms with E-state index >= 15 is 0 Å². The van der Waals surface area contributed by atoms with Crippen LogP contribution >= 0.6 is 0 Å². The van der Waals surface area contributed by atoms with Crippen LogP contribution in [0.15, 0.2) is 28.9 Å². The van der Waals surface area contributed by atoms with Gasteiger partial charge in [0.1, 0.15) is 11.7 Å². The van der Waals surface area contributed by atoms with Gasteiger partial charge in [-0.2, -0.15) is 0 Å². The van der Waals surface area contributed by atoms with Crippen LogP contribution < -0.4 is 5.32 Å². The Balaban J connectivity index is 1.57. The van der Waals surface area contributed by atoms with Crippen LogP contribution in [0.4, 0.5) is 0 Å². The number of ether oxygens (including phenoxy) is 2. The second-order valence-electron chi connectivity index (χ2n) is 6.30. The van der Waals surface area contributed by atoms with E-state index in [0.29, 0.717) is 19.8 Å². The predicted octanol–water partition coefficient (Wildman–Crippen LogP) is 1.42. The van der Waals surface area contributed by atoms with E-state index in [4.69, 9.17) is 13.9 Å². The Kier molecular flexibility index (Phi) is 5.18. The largest absolute Gasteiger partial charge is 0.464 e. The van der Waals surface area contributed by atoms with Crippen LogP contribution in [-0.2, 0) is 20.7 Å². The third-order valence-corrected chi connectivity index (χ3v) is 4.50. The van der Waals surface area contributed by atoms with E-state index in [1.165, 1.54) is 0 Å². The van der Waals surface area contributed by atoms with E-state index in [1.807, 2.05) is 25.1 Å². The third kappa shape index (κ3) is 3.61. The molecular formula is C18H23NO5. The second kappa shape index (κ2) is 7.34. The van der Waals surface area contributed by atoms with Crippen LogP contribution in [0.25, 0.3) is 11.0 Å². The summed E-state index contributed by atoms with van der Waals surface area (Å²) in [5.41, 5.74) is 2.77. The molecule has 1 aliphatic heterocycles. The summed E-state index contributed by atoms with van der Waals surface area (Å²) in [4.78, 5) is 12.2. The van der Waals surface area contributed by atoms with Gasteiger partial charge < -0.3 is 24.3 Å². The van der Waals surface area contributed by atoms with E-state index in [-0.39, 0.29) is 24.3 Å². The fourth-order valence-corrected chi connectivity index (χ4v) is 3.03. The summed E-state index contributed by atoms with van der Waals surface area (Å²) in [6, 6.07) is 5.93. The van der Waals surface area contributed by atoms with Crippen molar-refractivity contribution in [1.29, 1.82) is 0 Å². The fraction of sp³-hybridized carbons (Fsp3) is 0.500. The van der Waals surface area contributed by atoms with Crippen molar-refractivity contribution in [3.05, 3.63) is 35.6 Å². The van der Waals surface area contributed by atoms with Crippen molar-refractivity contribution >= 4 is 16.9 Å². The summed E-state index contributed by atoms with van der Waals surface area (Å²) in [7, 11) is 1.55. The van der Waals surface area contributed by atoms with E-state index in [0.717, 1.165) is 22.1 Å². The van der Waals surface area contributed by atoms with Gasteiger partial charge in [-0.3, -0.25) is 4.79 Å². The molecule has 3 rings (SSSR count). The van der Waals surface area contributed by atoms with Crippen LogP contribution in [-0.4, -0.2) is 50.1 Å². The van der Waals surface area contributed by atoms with Gasteiger partial charge in [0.25, 0.3) is 0 Å². The van der Waals surface area contributed by atoms with Crippen molar-refractivity contribution in [2.45, 2.75) is 25.6 Å². The molecule has 24 heavy (non-hydrogen) atoms. The Bertz CT molecular complexity index is 710. The molecule has 6 nitrogen and oxygen atoms in total. The molecule has 1 aromatic carbocycles. The lowest BCUT2D eigenvalue weighted by Crippen LogP contribution is -2.49. The summed E-state index contributed by atoms with van der Waals surface area (Å²) < 4.78 is 16.1. The number of amides is 1. The first-order valence-electron chi connectivity index (χ1n) is 8.10. The number of aliphatic hydroxyl groups is 1. The fourth-order valence-electron chi connectivity index (χ4n) is 3.03. The molecule has 1 saturated heterocycles. The maximum absolute atomic E-state index is 12.2. The van der Waals surface area contributed by atoms with Crippen molar-refractivity contribution in [3.8, 4) is 0 Å². The molecule has 0 radical (unpaired) electrons. The lowest BCUT2D eigenvalue weighted by molar-refractivity contribution is -0.136. The summed E-state index contributed by atoms with van der Waals surface area (Å²) in [5, 5.41) is 14.0. The summed E-state index contributed by atoms with van der Waals surface area (Å²) in [5.74, 6) is -0.276. The van der Waals surface area contributed by atoms with Gasteiger partial charge in [0.15, 0.2) is 0 Å². The second-order valence-corrected chi connectivity index (χ2v) is 6.30. The van der Waals surface area contributed by atoms with Crippen molar-refractivity contribution in [2.75, 3.05) is 26.9 Å². The smallest absolute Gasteiger partial charge is 0.224 e. The van der Waals surface area contributed by atoms with Gasteiger partial charge in [-0.15, -0.1) is 0 Å². The normalized spacial score (nSPS) is 24.2. The molecule has 6 heteroatoms. The van der Waals surface area contributed by atoms with Crippen molar-refractivity contribution in [2.24, 2.45) is 5.92 Å². The number of rotatable bonds is 5. The summed E-state index contributed by atoms with van der Waals surface area (Å²) >= 11 is 0. The number of aryl methyl sites for hydroxylation is 1. The monoisotopic (exact) mass is 333 g/mol. The number of methoxy groups -OCH3 is 1. The van der Waals surface area contributed by atoms with Gasteiger partial charge in [0.05, 0.1) is 32.0 Å². The quantitative estimate of drug-likeness (QED) is 0.865. The highest BCUT2D eigenvalue weighted by Gasteiger charge is 2.32. The third-order valence-electron chi connectivity index (χ3n) is 4.50. The zero-order valence-electron chi connectivity index (χ0n) is 14.0. The molecule has 0 unspecified atom stereocenters. The minimum absolute atomic E-state index is 0.106. The van der Waals surface area contributed by atoms with E-state index in [9.17, 15) is 9.90 Å². The maximum Gasteiger partial charge on any atom is 0.224 e. The Morgan fingerprint density at radius 1 is 1.42 bits per heavy atom. The number of furan rings is 1. The Morgan fingerprint density at radius 2 is 2.25 bits per heavy atom. The molecule has 130 valence electrons. The first kappa shape index (κ1) is 17.0. The van der Waals surface area contributed by atoms with Crippen molar-refractivity contribution < 1.29 is 23.8 Å². The summed E-state index contributed by atoms with van der Waals surface area (Å²) in [6.45, 7) is 3.14. The predicted molar refractivity (Wildman–Crippen MR) is 88.8 cm³/mol. The zero-order valence-corrected chi connectivity index (χ0v) is 14.0. The molecule has 0 bridgehead atoms. The molecule has 3 atom stereocenters. The molecular weight excluding hydrogens is 310 g/mol. The number of carbonyl (C=O) groups is 1.